The van der Waals surface area contributed by atoms with E-state index in [0.29, 0.717) is 16.0 Å². The van der Waals surface area contributed by atoms with Gasteiger partial charge in [-0.3, -0.25) is 4.79 Å². The first-order valence-corrected chi connectivity index (χ1v) is 7.75. The van der Waals surface area contributed by atoms with Crippen molar-refractivity contribution in [2.24, 2.45) is 5.92 Å². The van der Waals surface area contributed by atoms with Crippen molar-refractivity contribution in [2.45, 2.75) is 44.6 Å². The Bertz CT molecular complexity index is 501. The Morgan fingerprint density at radius 3 is 2.85 bits per heavy atom. The summed E-state index contributed by atoms with van der Waals surface area (Å²) < 4.78 is 5.63. The van der Waals surface area contributed by atoms with E-state index in [4.69, 9.17) is 27.9 Å². The lowest BCUT2D eigenvalue weighted by Crippen LogP contribution is -2.45. The molecule has 2 atom stereocenters. The van der Waals surface area contributed by atoms with E-state index in [-0.39, 0.29) is 12.2 Å². The summed E-state index contributed by atoms with van der Waals surface area (Å²) in [4.78, 5) is 12.7. The third-order valence-electron chi connectivity index (χ3n) is 4.24. The Morgan fingerprint density at radius 1 is 1.45 bits per heavy atom. The summed E-state index contributed by atoms with van der Waals surface area (Å²) in [5, 5.41) is 0.957. The molecule has 1 aromatic rings. The molecule has 1 aromatic carbocycles. The molecule has 0 bridgehead atoms. The fraction of sp³-hybridized carbons (Fsp3) is 0.562. The molecule has 0 aliphatic heterocycles. The number of ether oxygens (including phenoxy) is 1. The lowest BCUT2D eigenvalue weighted by molar-refractivity contribution is -0.146. The molecule has 2 rings (SSSR count). The molecule has 2 unspecified atom stereocenters. The van der Waals surface area contributed by atoms with Gasteiger partial charge in [-0.1, -0.05) is 48.7 Å². The monoisotopic (exact) mass is 314 g/mol. The molecule has 20 heavy (non-hydrogen) atoms. The first kappa shape index (κ1) is 15.8. The topological polar surface area (TPSA) is 26.3 Å². The number of ketones is 1. The van der Waals surface area contributed by atoms with E-state index in [0.717, 1.165) is 31.2 Å². The summed E-state index contributed by atoms with van der Waals surface area (Å²) in [5.74, 6) is 0.623. The van der Waals surface area contributed by atoms with Crippen LogP contribution in [0.4, 0.5) is 0 Å². The van der Waals surface area contributed by atoms with Crippen LogP contribution in [-0.4, -0.2) is 18.5 Å². The van der Waals surface area contributed by atoms with E-state index in [1.807, 2.05) is 12.1 Å². The molecule has 1 saturated carbocycles. The highest BCUT2D eigenvalue weighted by molar-refractivity contribution is 6.42. The van der Waals surface area contributed by atoms with Gasteiger partial charge in [0.2, 0.25) is 0 Å². The first-order valence-electron chi connectivity index (χ1n) is 7.00. The molecule has 1 aliphatic carbocycles. The minimum Gasteiger partial charge on any atom is -0.370 e. The number of methoxy groups -OCH3 is 1. The van der Waals surface area contributed by atoms with Crippen molar-refractivity contribution in [3.8, 4) is 0 Å². The molecular weight excluding hydrogens is 295 g/mol. The van der Waals surface area contributed by atoms with Crippen molar-refractivity contribution < 1.29 is 9.53 Å². The maximum atomic E-state index is 12.7. The number of carbonyl (C=O) groups excluding carboxylic acids is 1. The second kappa shape index (κ2) is 6.46. The van der Waals surface area contributed by atoms with Crippen LogP contribution in [0, 0.1) is 5.92 Å². The lowest BCUT2D eigenvalue weighted by atomic mass is 9.75. The summed E-state index contributed by atoms with van der Waals surface area (Å²) in [6, 6.07) is 5.40. The number of carbonyl (C=O) groups is 1. The van der Waals surface area contributed by atoms with Crippen LogP contribution in [0.25, 0.3) is 0 Å². The van der Waals surface area contributed by atoms with Crippen molar-refractivity contribution in [3.05, 3.63) is 33.8 Å². The van der Waals surface area contributed by atoms with Crippen LogP contribution < -0.4 is 0 Å². The second-order valence-corrected chi connectivity index (χ2v) is 6.50. The third kappa shape index (κ3) is 3.19. The van der Waals surface area contributed by atoms with Gasteiger partial charge in [-0.15, -0.1) is 0 Å². The molecule has 1 aliphatic rings. The minimum atomic E-state index is -0.649. The van der Waals surface area contributed by atoms with Gasteiger partial charge in [0.25, 0.3) is 0 Å². The Morgan fingerprint density at radius 2 is 2.20 bits per heavy atom. The highest BCUT2D eigenvalue weighted by Crippen LogP contribution is 2.37. The van der Waals surface area contributed by atoms with Crippen LogP contribution in [0.2, 0.25) is 10.0 Å². The molecule has 0 amide bonds. The van der Waals surface area contributed by atoms with E-state index in [1.165, 1.54) is 0 Å². The predicted octanol–water partition coefficient (Wildman–Crippen LogP) is 4.70. The fourth-order valence-corrected chi connectivity index (χ4v) is 3.46. The largest absolute Gasteiger partial charge is 0.370 e. The van der Waals surface area contributed by atoms with Gasteiger partial charge in [-0.25, -0.2) is 0 Å². The maximum Gasteiger partial charge on any atom is 0.169 e. The molecule has 0 heterocycles. The second-order valence-electron chi connectivity index (χ2n) is 5.71. The number of hydrogen-bond acceptors (Lipinski definition) is 2. The summed E-state index contributed by atoms with van der Waals surface area (Å²) >= 11 is 12.2. The molecule has 0 saturated heterocycles. The zero-order valence-corrected chi connectivity index (χ0v) is 13.4. The zero-order chi connectivity index (χ0) is 14.8. The normalized spacial score (nSPS) is 26.5. The number of hydrogen-bond donors (Lipinski definition) is 0. The fourth-order valence-electron chi connectivity index (χ4n) is 3.07. The highest BCUT2D eigenvalue weighted by atomic mass is 35.5. The standard InChI is InChI=1S/C16H20Cl2O2/c1-11-5-4-8-16(10-11,20-2)14(19)9-12-6-3-7-13(17)15(12)18/h3,6-7,11H,4-5,8-10H2,1-2H3. The number of rotatable bonds is 4. The quantitative estimate of drug-likeness (QED) is 0.805. The van der Waals surface area contributed by atoms with Gasteiger partial charge in [0.15, 0.2) is 5.78 Å². The van der Waals surface area contributed by atoms with Crippen LogP contribution in [0.5, 0.6) is 0 Å². The summed E-state index contributed by atoms with van der Waals surface area (Å²) in [7, 11) is 1.63. The Kier molecular flexibility index (Phi) is 5.11. The molecule has 4 heteroatoms. The van der Waals surface area contributed by atoms with E-state index >= 15 is 0 Å². The molecule has 2 nitrogen and oxygen atoms in total. The molecule has 0 spiro atoms. The van der Waals surface area contributed by atoms with Gasteiger partial charge < -0.3 is 4.74 Å². The average molecular weight is 315 g/mol. The van der Waals surface area contributed by atoms with E-state index in [1.54, 1.807) is 13.2 Å². The zero-order valence-electron chi connectivity index (χ0n) is 11.9. The van der Waals surface area contributed by atoms with Gasteiger partial charge in [0, 0.05) is 13.5 Å². The van der Waals surface area contributed by atoms with Crippen LogP contribution in [0.15, 0.2) is 18.2 Å². The van der Waals surface area contributed by atoms with Crippen LogP contribution in [0.3, 0.4) is 0 Å². The maximum absolute atomic E-state index is 12.7. The molecule has 0 N–H and O–H groups in total. The Labute approximate surface area is 130 Å². The van der Waals surface area contributed by atoms with Gasteiger partial charge >= 0.3 is 0 Å². The summed E-state index contributed by atoms with van der Waals surface area (Å²) in [6.07, 6.45) is 4.06. The van der Waals surface area contributed by atoms with Crippen molar-refractivity contribution >= 4 is 29.0 Å². The summed E-state index contributed by atoms with van der Waals surface area (Å²) in [6.45, 7) is 2.17. The van der Waals surface area contributed by atoms with Crippen molar-refractivity contribution in [1.29, 1.82) is 0 Å². The molecule has 0 radical (unpaired) electrons. The summed E-state index contributed by atoms with van der Waals surface area (Å²) in [5.41, 5.74) is 0.127. The third-order valence-corrected chi connectivity index (χ3v) is 5.10. The Balaban J connectivity index is 2.19. The molecule has 0 aromatic heterocycles. The predicted molar refractivity (Wildman–Crippen MR) is 82.5 cm³/mol. The van der Waals surface area contributed by atoms with Crippen molar-refractivity contribution in [2.75, 3.05) is 7.11 Å². The Hall–Kier alpha value is -0.570. The van der Waals surface area contributed by atoms with Crippen molar-refractivity contribution in [3.63, 3.8) is 0 Å². The first-order chi connectivity index (χ1) is 9.48. The van der Waals surface area contributed by atoms with Crippen molar-refractivity contribution in [1.82, 2.24) is 0 Å². The lowest BCUT2D eigenvalue weighted by Gasteiger charge is -2.37. The molecule has 1 fully saturated rings. The van der Waals surface area contributed by atoms with Gasteiger partial charge in [0.05, 0.1) is 10.0 Å². The smallest absolute Gasteiger partial charge is 0.169 e. The molecule has 110 valence electrons. The SMILES string of the molecule is COC1(C(=O)Cc2cccc(Cl)c2Cl)CCCC(C)C1. The van der Waals surface area contributed by atoms with Gasteiger partial charge in [0.1, 0.15) is 5.60 Å². The molecular formula is C16H20Cl2O2. The number of benzene rings is 1. The highest BCUT2D eigenvalue weighted by Gasteiger charge is 2.41. The van der Waals surface area contributed by atoms with E-state index in [2.05, 4.69) is 6.92 Å². The van der Waals surface area contributed by atoms with E-state index in [9.17, 15) is 4.79 Å². The van der Waals surface area contributed by atoms with Crippen LogP contribution >= 0.6 is 23.2 Å². The van der Waals surface area contributed by atoms with Crippen LogP contribution in [-0.2, 0) is 16.0 Å². The average Bonchev–Trinajstić information content (AvgIpc) is 2.43. The number of Topliss-reactive ketones (excluding diaryl/α,β-unsaturated/α-hetero) is 1. The van der Waals surface area contributed by atoms with E-state index < -0.39 is 5.60 Å². The van der Waals surface area contributed by atoms with Crippen LogP contribution in [0.1, 0.15) is 38.2 Å². The number of halogens is 2. The minimum absolute atomic E-state index is 0.107. The van der Waals surface area contributed by atoms with Gasteiger partial charge in [-0.2, -0.15) is 0 Å². The van der Waals surface area contributed by atoms with Gasteiger partial charge in [-0.05, 0) is 36.8 Å².